The van der Waals surface area contributed by atoms with Gasteiger partial charge in [-0.25, -0.2) is 9.18 Å². The number of H-pyrrole nitrogens is 1. The summed E-state index contributed by atoms with van der Waals surface area (Å²) in [6.45, 7) is 1.56. The second kappa shape index (κ2) is 8.99. The molecule has 4 heterocycles. The number of anilines is 1. The maximum Gasteiger partial charge on any atom is 0.412 e. The van der Waals surface area contributed by atoms with Gasteiger partial charge >= 0.3 is 6.09 Å². The van der Waals surface area contributed by atoms with Crippen molar-refractivity contribution in [3.63, 3.8) is 0 Å². The summed E-state index contributed by atoms with van der Waals surface area (Å²) >= 11 is 0. The Labute approximate surface area is 200 Å². The molecule has 0 radical (unpaired) electrons. The minimum absolute atomic E-state index is 0.158. The lowest BCUT2D eigenvalue weighted by atomic mass is 10.0. The second-order valence-electron chi connectivity index (χ2n) is 8.78. The standard InChI is InChI=1S/C24H26FN7O3/c1-30-6-4-15(5-7-30)32(24(33)34)16-8-18(25)22(21(9-16)35-3)19-10-17-20(12-26-19)28-29-23(17)14-11-27-31(2)13-14/h8-13,15H,4-7H2,1-3H3,(H,28,29)(H,33,34). The molecule has 10 nitrogen and oxygen atoms in total. The average molecular weight is 480 g/mol. The fraction of sp³-hybridized carbons (Fsp3) is 0.333. The molecule has 1 aliphatic rings. The zero-order valence-corrected chi connectivity index (χ0v) is 19.7. The van der Waals surface area contributed by atoms with Crippen LogP contribution < -0.4 is 9.64 Å². The van der Waals surface area contributed by atoms with Crippen molar-refractivity contribution in [3.05, 3.63) is 42.6 Å². The maximum atomic E-state index is 15.6. The van der Waals surface area contributed by atoms with Crippen molar-refractivity contribution in [1.82, 2.24) is 29.9 Å². The zero-order chi connectivity index (χ0) is 24.7. The van der Waals surface area contributed by atoms with Gasteiger partial charge in [0.15, 0.2) is 0 Å². The van der Waals surface area contributed by atoms with E-state index >= 15 is 4.39 Å². The minimum atomic E-state index is -1.12. The van der Waals surface area contributed by atoms with E-state index in [0.29, 0.717) is 29.7 Å². The van der Waals surface area contributed by atoms with Gasteiger partial charge in [-0.05, 0) is 45.1 Å². The molecule has 3 aromatic heterocycles. The topological polar surface area (TPSA) is 112 Å². The molecular weight excluding hydrogens is 453 g/mol. The summed E-state index contributed by atoms with van der Waals surface area (Å²) in [5.74, 6) is -0.408. The van der Waals surface area contributed by atoms with Gasteiger partial charge in [0.1, 0.15) is 17.3 Å². The van der Waals surface area contributed by atoms with Crippen molar-refractivity contribution in [3.8, 4) is 28.3 Å². The number of pyridine rings is 1. The Morgan fingerprint density at radius 2 is 2.00 bits per heavy atom. The third-order valence-electron chi connectivity index (χ3n) is 6.48. The molecule has 11 heteroatoms. The van der Waals surface area contributed by atoms with E-state index in [0.717, 1.165) is 24.0 Å². The average Bonchev–Trinajstić information content (AvgIpc) is 3.45. The van der Waals surface area contributed by atoms with Gasteiger partial charge in [0.05, 0.1) is 42.0 Å². The Bertz CT molecular complexity index is 1390. The number of nitrogens with one attached hydrogen (secondary N) is 1. The van der Waals surface area contributed by atoms with Crippen LogP contribution in [-0.2, 0) is 7.05 Å². The predicted molar refractivity (Wildman–Crippen MR) is 129 cm³/mol. The molecule has 1 aromatic carbocycles. The first kappa shape index (κ1) is 22.8. The number of hydrogen-bond acceptors (Lipinski definition) is 6. The van der Waals surface area contributed by atoms with E-state index in [9.17, 15) is 9.90 Å². The molecule has 0 aliphatic carbocycles. The molecule has 35 heavy (non-hydrogen) atoms. The smallest absolute Gasteiger partial charge is 0.412 e. The number of methoxy groups -OCH3 is 1. The lowest BCUT2D eigenvalue weighted by Crippen LogP contribution is -2.46. The number of ether oxygens (including phenoxy) is 1. The monoisotopic (exact) mass is 479 g/mol. The molecule has 0 bridgehead atoms. The SMILES string of the molecule is COc1cc(N(C(=O)O)C2CCN(C)CC2)cc(F)c1-c1cc2c(-c3cnn(C)c3)n[nH]c2cn1. The first-order valence-corrected chi connectivity index (χ1v) is 11.3. The summed E-state index contributed by atoms with van der Waals surface area (Å²) < 4.78 is 22.8. The second-order valence-corrected chi connectivity index (χ2v) is 8.78. The van der Waals surface area contributed by atoms with Crippen LogP contribution in [0, 0.1) is 5.82 Å². The molecule has 0 spiro atoms. The molecule has 5 rings (SSSR count). The molecule has 2 N–H and O–H groups in total. The van der Waals surface area contributed by atoms with Gasteiger partial charge in [0.2, 0.25) is 0 Å². The lowest BCUT2D eigenvalue weighted by molar-refractivity contribution is 0.189. The van der Waals surface area contributed by atoms with Crippen LogP contribution in [0.3, 0.4) is 0 Å². The highest BCUT2D eigenvalue weighted by Gasteiger charge is 2.30. The third kappa shape index (κ3) is 4.18. The molecule has 1 fully saturated rings. The number of fused-ring (bicyclic) bond motifs is 1. The molecule has 182 valence electrons. The number of carbonyl (C=O) groups is 1. The molecule has 0 saturated carbocycles. The Morgan fingerprint density at radius 3 is 2.66 bits per heavy atom. The summed E-state index contributed by atoms with van der Waals surface area (Å²) in [5.41, 5.74) is 2.94. The normalized spacial score (nSPS) is 15.0. The van der Waals surface area contributed by atoms with Crippen molar-refractivity contribution >= 4 is 22.7 Å². The number of benzene rings is 1. The Balaban J connectivity index is 1.57. The zero-order valence-electron chi connectivity index (χ0n) is 19.7. The van der Waals surface area contributed by atoms with Crippen LogP contribution in [0.25, 0.3) is 33.4 Å². The Hall–Kier alpha value is -3.99. The number of amides is 1. The van der Waals surface area contributed by atoms with Crippen LogP contribution in [0.2, 0.25) is 0 Å². The van der Waals surface area contributed by atoms with Crippen molar-refractivity contribution in [2.24, 2.45) is 7.05 Å². The molecule has 0 atom stereocenters. The van der Waals surface area contributed by atoms with Crippen molar-refractivity contribution < 1.29 is 19.0 Å². The number of piperidine rings is 1. The van der Waals surface area contributed by atoms with Gasteiger partial charge in [0, 0.05) is 36.3 Å². The van der Waals surface area contributed by atoms with Crippen molar-refractivity contribution in [2.45, 2.75) is 18.9 Å². The Kier molecular flexibility index (Phi) is 5.85. The Morgan fingerprint density at radius 1 is 1.23 bits per heavy atom. The fourth-order valence-corrected chi connectivity index (χ4v) is 4.66. The van der Waals surface area contributed by atoms with Crippen molar-refractivity contribution in [1.29, 1.82) is 0 Å². The molecule has 1 amide bonds. The van der Waals surface area contributed by atoms with Crippen molar-refractivity contribution in [2.75, 3.05) is 32.1 Å². The van der Waals surface area contributed by atoms with E-state index in [4.69, 9.17) is 4.74 Å². The quantitative estimate of drug-likeness (QED) is 0.448. The molecule has 1 saturated heterocycles. The third-order valence-corrected chi connectivity index (χ3v) is 6.48. The number of aromatic nitrogens is 5. The fourth-order valence-electron chi connectivity index (χ4n) is 4.66. The largest absolute Gasteiger partial charge is 0.496 e. The van der Waals surface area contributed by atoms with Gasteiger partial charge in [-0.15, -0.1) is 0 Å². The number of aromatic amines is 1. The molecule has 4 aromatic rings. The molecular formula is C24H26FN7O3. The summed E-state index contributed by atoms with van der Waals surface area (Å²) in [6, 6.07) is 4.32. The van der Waals surface area contributed by atoms with Crippen LogP contribution in [0.1, 0.15) is 12.8 Å². The number of halogens is 1. The van der Waals surface area contributed by atoms with E-state index in [1.807, 2.05) is 20.3 Å². The van der Waals surface area contributed by atoms with Gasteiger partial charge < -0.3 is 14.7 Å². The highest BCUT2D eigenvalue weighted by atomic mass is 19.1. The van der Waals surface area contributed by atoms with E-state index in [-0.39, 0.29) is 23.0 Å². The van der Waals surface area contributed by atoms with Crippen LogP contribution >= 0.6 is 0 Å². The van der Waals surface area contributed by atoms with E-state index in [1.54, 1.807) is 29.2 Å². The van der Waals surface area contributed by atoms with Crippen LogP contribution in [0.15, 0.2) is 36.8 Å². The first-order valence-electron chi connectivity index (χ1n) is 11.3. The van der Waals surface area contributed by atoms with E-state index in [2.05, 4.69) is 25.2 Å². The van der Waals surface area contributed by atoms with Gasteiger partial charge in [0.25, 0.3) is 0 Å². The van der Waals surface area contributed by atoms with Crippen LogP contribution in [0.5, 0.6) is 5.75 Å². The lowest BCUT2D eigenvalue weighted by Gasteiger charge is -2.35. The summed E-state index contributed by atoms with van der Waals surface area (Å²) in [4.78, 5) is 20.0. The van der Waals surface area contributed by atoms with E-state index in [1.165, 1.54) is 18.1 Å². The predicted octanol–water partition coefficient (Wildman–Crippen LogP) is 3.75. The van der Waals surface area contributed by atoms with Crippen LogP contribution in [-0.4, -0.2) is 74.4 Å². The number of hydrogen-bond donors (Lipinski definition) is 2. The summed E-state index contributed by atoms with van der Waals surface area (Å²) in [5, 5.41) is 22.2. The molecule has 1 aliphatic heterocycles. The molecule has 0 unspecified atom stereocenters. The number of aryl methyl sites for hydroxylation is 1. The highest BCUT2D eigenvalue weighted by Crippen LogP contribution is 2.38. The van der Waals surface area contributed by atoms with Gasteiger partial charge in [-0.2, -0.15) is 10.2 Å². The summed E-state index contributed by atoms with van der Waals surface area (Å²) in [7, 11) is 5.25. The number of carboxylic acid groups (broad SMARTS) is 1. The number of likely N-dealkylation sites (tertiary alicyclic amines) is 1. The first-order chi connectivity index (χ1) is 16.9. The van der Waals surface area contributed by atoms with E-state index < -0.39 is 11.9 Å². The minimum Gasteiger partial charge on any atom is -0.496 e. The van der Waals surface area contributed by atoms with Gasteiger partial charge in [-0.3, -0.25) is 19.7 Å². The van der Waals surface area contributed by atoms with Crippen LogP contribution in [0.4, 0.5) is 14.9 Å². The number of nitrogens with zero attached hydrogens (tertiary/aromatic N) is 6. The highest BCUT2D eigenvalue weighted by molar-refractivity contribution is 5.95. The number of rotatable bonds is 5. The summed E-state index contributed by atoms with van der Waals surface area (Å²) in [6.07, 6.45) is 5.36. The van der Waals surface area contributed by atoms with Gasteiger partial charge in [-0.1, -0.05) is 0 Å². The maximum absolute atomic E-state index is 15.6.